The zero-order valence-electron chi connectivity index (χ0n) is 34.6. The maximum atomic E-state index is 6.96. The van der Waals surface area contributed by atoms with E-state index < -0.39 is 0 Å². The largest absolute Gasteiger partial charge is 0.456 e. The first-order valence-corrected chi connectivity index (χ1v) is 21.1. The lowest BCUT2D eigenvalue weighted by Crippen LogP contribution is -2.64. The van der Waals surface area contributed by atoms with Gasteiger partial charge in [0.2, 0.25) is 0 Å². The quantitative estimate of drug-likeness (QED) is 0.158. The second kappa shape index (κ2) is 10.5. The summed E-state index contributed by atoms with van der Waals surface area (Å²) in [6, 6.07) is 31.2. The Morgan fingerprint density at radius 3 is 2.05 bits per heavy atom. The molecule has 0 amide bonds. The van der Waals surface area contributed by atoms with E-state index in [0.29, 0.717) is 0 Å². The molecule has 3 aliphatic heterocycles. The third-order valence-electron chi connectivity index (χ3n) is 15.6. The summed E-state index contributed by atoms with van der Waals surface area (Å²) in [4.78, 5) is 5.56. The maximum absolute atomic E-state index is 6.96. The predicted octanol–water partition coefficient (Wildman–Crippen LogP) is 12.5. The lowest BCUT2D eigenvalue weighted by molar-refractivity contribution is 0.195. The van der Waals surface area contributed by atoms with E-state index in [9.17, 15) is 0 Å². The molecule has 6 aromatic rings. The summed E-state index contributed by atoms with van der Waals surface area (Å²) in [6.07, 6.45) is 7.37. The van der Waals surface area contributed by atoms with Gasteiger partial charge in [0, 0.05) is 44.5 Å². The van der Waals surface area contributed by atoms with Crippen molar-refractivity contribution in [1.29, 1.82) is 0 Å². The van der Waals surface area contributed by atoms with Gasteiger partial charge in [-0.15, -0.1) is 0 Å². The lowest BCUT2D eigenvalue weighted by atomic mass is 9.43. The van der Waals surface area contributed by atoms with Gasteiger partial charge in [0.1, 0.15) is 11.2 Å². The highest BCUT2D eigenvalue weighted by Gasteiger charge is 2.62. The SMILES string of the molecule is Cc1cc2c3c(c1)N1c4c(cc(C(C)(C)C)cc4C4(C)CCCCC14C)B3N(c1ccccc1)c1cc3c(cc1-2)oc1cc2c(cc13)C(C)(C)CCC2(C)C. The number of furan rings is 1. The highest BCUT2D eigenvalue weighted by Crippen LogP contribution is 2.63. The van der Waals surface area contributed by atoms with Crippen molar-refractivity contribution in [1.82, 2.24) is 0 Å². The van der Waals surface area contributed by atoms with Crippen LogP contribution in [0.4, 0.5) is 22.7 Å². The van der Waals surface area contributed by atoms with Crippen LogP contribution in [-0.4, -0.2) is 12.4 Å². The van der Waals surface area contributed by atoms with Crippen LogP contribution in [0.3, 0.4) is 0 Å². The summed E-state index contributed by atoms with van der Waals surface area (Å²) in [6.45, 7) is 24.4. The Morgan fingerprint density at radius 1 is 0.655 bits per heavy atom. The third kappa shape index (κ3) is 4.24. The standard InChI is InChI=1S/C51H55BN2O/c1-30-22-36-33-28-43-35(34-26-37-38(29-44(34)55-43)49(7,8)21-20-48(37,5)6)27-41(33)54(32-16-12-11-13-17-32)52-40-25-31(47(2,3)4)24-39-46(40)53(42(23-30)45(36)52)51(10)19-15-14-18-50(39,51)9/h11-13,16-17,22-29H,14-15,18-21H2,1-10H3. The molecule has 11 rings (SSSR count). The van der Waals surface area contributed by atoms with E-state index in [1.807, 2.05) is 0 Å². The molecule has 0 saturated heterocycles. The molecule has 4 heteroatoms. The van der Waals surface area contributed by atoms with Crippen LogP contribution in [0.1, 0.15) is 129 Å². The zero-order valence-corrected chi connectivity index (χ0v) is 34.6. The maximum Gasteiger partial charge on any atom is 0.333 e. The zero-order chi connectivity index (χ0) is 38.2. The number of aryl methyl sites for hydroxylation is 1. The fourth-order valence-electron chi connectivity index (χ4n) is 12.1. The summed E-state index contributed by atoms with van der Waals surface area (Å²) < 4.78 is 6.96. The predicted molar refractivity (Wildman–Crippen MR) is 234 cm³/mol. The highest BCUT2D eigenvalue weighted by atomic mass is 16.3. The van der Waals surface area contributed by atoms with Crippen molar-refractivity contribution in [2.75, 3.05) is 9.71 Å². The molecule has 2 unspecified atom stereocenters. The van der Waals surface area contributed by atoms with Crippen LogP contribution in [0, 0.1) is 6.92 Å². The summed E-state index contributed by atoms with van der Waals surface area (Å²) in [5.41, 5.74) is 20.5. The van der Waals surface area contributed by atoms with E-state index in [-0.39, 0.29) is 34.0 Å². The molecule has 0 radical (unpaired) electrons. The van der Waals surface area contributed by atoms with Gasteiger partial charge in [-0.05, 0) is 143 Å². The van der Waals surface area contributed by atoms with Crippen LogP contribution in [0.15, 0.2) is 83.3 Å². The third-order valence-corrected chi connectivity index (χ3v) is 15.6. The first-order chi connectivity index (χ1) is 26.0. The highest BCUT2D eigenvalue weighted by molar-refractivity contribution is 6.93. The Labute approximate surface area is 328 Å². The number of anilines is 4. The average Bonchev–Trinajstić information content (AvgIpc) is 3.59. The topological polar surface area (TPSA) is 19.6 Å². The summed E-state index contributed by atoms with van der Waals surface area (Å²) >= 11 is 0. The molecule has 0 N–H and O–H groups in total. The molecule has 55 heavy (non-hydrogen) atoms. The van der Waals surface area contributed by atoms with Gasteiger partial charge >= 0.3 is 6.85 Å². The smallest absolute Gasteiger partial charge is 0.333 e. The van der Waals surface area contributed by atoms with Crippen molar-refractivity contribution in [3.63, 3.8) is 0 Å². The van der Waals surface area contributed by atoms with Crippen LogP contribution < -0.4 is 20.6 Å². The molecule has 1 saturated carbocycles. The van der Waals surface area contributed by atoms with Gasteiger partial charge in [-0.2, -0.15) is 0 Å². The Hall–Kier alpha value is -4.44. The summed E-state index contributed by atoms with van der Waals surface area (Å²) in [5, 5.41) is 2.45. The van der Waals surface area contributed by atoms with Crippen molar-refractivity contribution >= 4 is 62.5 Å². The molecule has 2 atom stereocenters. The molecule has 5 aromatic carbocycles. The molecule has 3 nitrogen and oxygen atoms in total. The monoisotopic (exact) mass is 722 g/mol. The number of para-hydroxylation sites is 1. The van der Waals surface area contributed by atoms with Gasteiger partial charge in [0.15, 0.2) is 0 Å². The van der Waals surface area contributed by atoms with E-state index in [1.54, 1.807) is 5.56 Å². The van der Waals surface area contributed by atoms with Gasteiger partial charge < -0.3 is 14.1 Å². The Bertz CT molecular complexity index is 2660. The lowest BCUT2D eigenvalue weighted by Gasteiger charge is -2.53. The number of benzene rings is 5. The second-order valence-corrected chi connectivity index (χ2v) is 20.8. The van der Waals surface area contributed by atoms with E-state index in [4.69, 9.17) is 4.42 Å². The van der Waals surface area contributed by atoms with Crippen molar-refractivity contribution in [3.05, 3.63) is 107 Å². The van der Waals surface area contributed by atoms with Gasteiger partial charge in [-0.25, -0.2) is 0 Å². The molecule has 4 heterocycles. The molecule has 1 aromatic heterocycles. The van der Waals surface area contributed by atoms with Gasteiger partial charge in [-0.3, -0.25) is 0 Å². The molecule has 0 bridgehead atoms. The molecular formula is C51H55BN2O. The number of hydrogen-bond acceptors (Lipinski definition) is 3. The minimum Gasteiger partial charge on any atom is -0.456 e. The number of fused-ring (bicyclic) bond motifs is 11. The van der Waals surface area contributed by atoms with Crippen molar-refractivity contribution in [2.45, 2.75) is 135 Å². The number of rotatable bonds is 1. The molecule has 278 valence electrons. The van der Waals surface area contributed by atoms with Crippen molar-refractivity contribution < 1.29 is 4.42 Å². The Morgan fingerprint density at radius 2 is 1.33 bits per heavy atom. The minimum absolute atomic E-state index is 0.00736. The van der Waals surface area contributed by atoms with Crippen molar-refractivity contribution in [3.8, 4) is 11.1 Å². The van der Waals surface area contributed by atoms with E-state index in [2.05, 4.69) is 158 Å². The van der Waals surface area contributed by atoms with E-state index in [1.165, 1.54) is 116 Å². The fourth-order valence-corrected chi connectivity index (χ4v) is 12.1. The number of hydrogen-bond donors (Lipinski definition) is 0. The van der Waals surface area contributed by atoms with Crippen LogP contribution in [0.2, 0.25) is 0 Å². The normalized spacial score (nSPS) is 24.1. The van der Waals surface area contributed by atoms with Crippen molar-refractivity contribution in [2.24, 2.45) is 0 Å². The Balaban J connectivity index is 1.26. The van der Waals surface area contributed by atoms with Crippen LogP contribution in [0.5, 0.6) is 0 Å². The number of nitrogens with zero attached hydrogens (tertiary/aromatic N) is 2. The molecule has 0 spiro atoms. The van der Waals surface area contributed by atoms with Gasteiger partial charge in [0.05, 0.1) is 5.54 Å². The Kier molecular flexibility index (Phi) is 6.46. The summed E-state index contributed by atoms with van der Waals surface area (Å²) in [7, 11) is 0. The molecule has 5 aliphatic rings. The van der Waals surface area contributed by atoms with E-state index in [0.717, 1.165) is 11.2 Å². The van der Waals surface area contributed by atoms with E-state index >= 15 is 0 Å². The minimum atomic E-state index is -0.00736. The second-order valence-electron chi connectivity index (χ2n) is 20.8. The van der Waals surface area contributed by atoms with Crippen LogP contribution in [-0.2, 0) is 21.7 Å². The van der Waals surface area contributed by atoms with Crippen LogP contribution in [0.25, 0.3) is 33.1 Å². The van der Waals surface area contributed by atoms with Gasteiger partial charge in [-0.1, -0.05) is 105 Å². The fraction of sp³-hybridized carbons (Fsp3) is 0.412. The first-order valence-electron chi connectivity index (χ1n) is 21.1. The average molecular weight is 723 g/mol. The first kappa shape index (κ1) is 33.9. The molecule has 2 aliphatic carbocycles. The van der Waals surface area contributed by atoms with Gasteiger partial charge in [0.25, 0.3) is 0 Å². The molecule has 1 fully saturated rings. The van der Waals surface area contributed by atoms with Crippen LogP contribution >= 0.6 is 0 Å². The molecular weight excluding hydrogens is 667 g/mol. The summed E-state index contributed by atoms with van der Waals surface area (Å²) in [5.74, 6) is 0.